The van der Waals surface area contributed by atoms with Crippen LogP contribution in [0.3, 0.4) is 0 Å². The highest BCUT2D eigenvalue weighted by molar-refractivity contribution is 5.84. The average molecular weight is 355 g/mol. The SMILES string of the molecule is CC(C)[C@H]([NH3+])C(=O)NCC1CCC(C(=O)N[C@H](C(=O)[O-])C(C)C)CC1. The van der Waals surface area contributed by atoms with E-state index in [0.29, 0.717) is 25.3 Å². The van der Waals surface area contributed by atoms with E-state index in [1.54, 1.807) is 13.8 Å². The molecule has 7 nitrogen and oxygen atoms in total. The molecular weight excluding hydrogens is 322 g/mol. The molecule has 0 aliphatic heterocycles. The molecule has 1 fully saturated rings. The summed E-state index contributed by atoms with van der Waals surface area (Å²) in [6.45, 7) is 8.04. The fraction of sp³-hybridized carbons (Fsp3) is 0.833. The Morgan fingerprint density at radius 3 is 2.04 bits per heavy atom. The summed E-state index contributed by atoms with van der Waals surface area (Å²) in [7, 11) is 0. The van der Waals surface area contributed by atoms with Gasteiger partial charge in [0.2, 0.25) is 5.91 Å². The zero-order chi connectivity index (χ0) is 19.1. The van der Waals surface area contributed by atoms with Gasteiger partial charge in [0.15, 0.2) is 6.04 Å². The first kappa shape index (κ1) is 21.4. The number of quaternary nitrogens is 1. The molecule has 25 heavy (non-hydrogen) atoms. The van der Waals surface area contributed by atoms with Crippen molar-refractivity contribution >= 4 is 17.8 Å². The first-order chi connectivity index (χ1) is 11.6. The van der Waals surface area contributed by atoms with Crippen molar-refractivity contribution in [1.82, 2.24) is 10.6 Å². The van der Waals surface area contributed by atoms with Crippen molar-refractivity contribution in [1.29, 1.82) is 0 Å². The van der Waals surface area contributed by atoms with Crippen molar-refractivity contribution < 1.29 is 25.2 Å². The summed E-state index contributed by atoms with van der Waals surface area (Å²) in [6.07, 6.45) is 3.11. The second-order valence-electron chi connectivity index (χ2n) is 7.86. The first-order valence-electron chi connectivity index (χ1n) is 9.25. The molecule has 0 aromatic carbocycles. The molecule has 1 saturated carbocycles. The molecule has 7 heteroatoms. The Hall–Kier alpha value is -1.63. The van der Waals surface area contributed by atoms with E-state index in [9.17, 15) is 19.5 Å². The highest BCUT2D eigenvalue weighted by Gasteiger charge is 2.29. The average Bonchev–Trinajstić information content (AvgIpc) is 2.56. The largest absolute Gasteiger partial charge is 0.548 e. The van der Waals surface area contributed by atoms with Crippen LogP contribution < -0.4 is 21.5 Å². The van der Waals surface area contributed by atoms with Crippen molar-refractivity contribution in [3.05, 3.63) is 0 Å². The third-order valence-electron chi connectivity index (χ3n) is 5.14. The van der Waals surface area contributed by atoms with Gasteiger partial charge in [0, 0.05) is 18.4 Å². The Balaban J connectivity index is 2.39. The van der Waals surface area contributed by atoms with E-state index < -0.39 is 12.0 Å². The normalized spacial score (nSPS) is 23.2. The van der Waals surface area contributed by atoms with Crippen LogP contribution in [0.1, 0.15) is 53.4 Å². The van der Waals surface area contributed by atoms with Gasteiger partial charge < -0.3 is 26.3 Å². The van der Waals surface area contributed by atoms with Crippen molar-refractivity contribution in [3.8, 4) is 0 Å². The number of amides is 2. The lowest BCUT2D eigenvalue weighted by Gasteiger charge is -2.30. The Bertz CT molecular complexity index is 471. The second-order valence-corrected chi connectivity index (χ2v) is 7.86. The maximum absolute atomic E-state index is 12.3. The number of rotatable bonds is 8. The number of aliphatic carboxylic acids is 1. The minimum Gasteiger partial charge on any atom is -0.548 e. The Labute approximate surface area is 150 Å². The monoisotopic (exact) mass is 355 g/mol. The van der Waals surface area contributed by atoms with Crippen molar-refractivity contribution in [3.63, 3.8) is 0 Å². The number of carbonyl (C=O) groups is 3. The van der Waals surface area contributed by atoms with Gasteiger partial charge in [-0.05, 0) is 37.5 Å². The molecule has 1 rings (SSSR count). The summed E-state index contributed by atoms with van der Waals surface area (Å²) in [5.74, 6) is -1.29. The van der Waals surface area contributed by atoms with Crippen LogP contribution in [0.5, 0.6) is 0 Å². The Morgan fingerprint density at radius 1 is 1.04 bits per heavy atom. The minimum absolute atomic E-state index is 0.0244. The molecule has 1 aliphatic carbocycles. The van der Waals surface area contributed by atoms with Gasteiger partial charge in [-0.25, -0.2) is 0 Å². The van der Waals surface area contributed by atoms with Crippen LogP contribution in [0.15, 0.2) is 0 Å². The van der Waals surface area contributed by atoms with Crippen LogP contribution in [-0.2, 0) is 14.4 Å². The predicted molar refractivity (Wildman–Crippen MR) is 91.7 cm³/mol. The molecule has 0 aromatic rings. The molecule has 0 spiro atoms. The fourth-order valence-corrected chi connectivity index (χ4v) is 3.08. The van der Waals surface area contributed by atoms with E-state index in [-0.39, 0.29) is 35.6 Å². The highest BCUT2D eigenvalue weighted by Crippen LogP contribution is 2.28. The van der Waals surface area contributed by atoms with Crippen LogP contribution in [0, 0.1) is 23.7 Å². The number of carboxylic acids is 1. The van der Waals surface area contributed by atoms with Crippen molar-refractivity contribution in [2.45, 2.75) is 65.5 Å². The van der Waals surface area contributed by atoms with Gasteiger partial charge >= 0.3 is 0 Å². The molecule has 5 N–H and O–H groups in total. The number of hydrogen-bond acceptors (Lipinski definition) is 4. The topological polar surface area (TPSA) is 126 Å². The molecular formula is C18H33N3O4. The Kier molecular flexibility index (Phi) is 8.35. The van der Waals surface area contributed by atoms with Gasteiger partial charge in [-0.2, -0.15) is 0 Å². The number of nitrogens with one attached hydrogen (secondary N) is 2. The molecule has 0 radical (unpaired) electrons. The Morgan fingerprint density at radius 2 is 1.60 bits per heavy atom. The maximum Gasteiger partial charge on any atom is 0.278 e. The first-order valence-corrected chi connectivity index (χ1v) is 9.25. The standard InChI is InChI=1S/C18H33N3O4/c1-10(2)14(19)17(23)20-9-12-5-7-13(8-6-12)16(22)21-15(11(3)4)18(24)25/h10-15H,5-9,19H2,1-4H3,(H,20,23)(H,21,22)(H,24,25)/t12?,13?,14-,15-/m0/s1. The van der Waals surface area contributed by atoms with E-state index in [1.165, 1.54) is 0 Å². The van der Waals surface area contributed by atoms with Crippen LogP contribution in [0.2, 0.25) is 0 Å². The molecule has 144 valence electrons. The smallest absolute Gasteiger partial charge is 0.278 e. The fourth-order valence-electron chi connectivity index (χ4n) is 3.08. The highest BCUT2D eigenvalue weighted by atomic mass is 16.4. The van der Waals surface area contributed by atoms with E-state index in [1.807, 2.05) is 13.8 Å². The third-order valence-corrected chi connectivity index (χ3v) is 5.14. The van der Waals surface area contributed by atoms with Crippen LogP contribution >= 0.6 is 0 Å². The zero-order valence-corrected chi connectivity index (χ0v) is 15.8. The van der Waals surface area contributed by atoms with E-state index >= 15 is 0 Å². The van der Waals surface area contributed by atoms with E-state index in [4.69, 9.17) is 0 Å². The van der Waals surface area contributed by atoms with Crippen LogP contribution in [0.25, 0.3) is 0 Å². The van der Waals surface area contributed by atoms with Gasteiger partial charge in [0.05, 0.1) is 12.0 Å². The summed E-state index contributed by atoms with van der Waals surface area (Å²) in [6, 6.07) is -1.20. The zero-order valence-electron chi connectivity index (χ0n) is 15.8. The lowest BCUT2D eigenvalue weighted by molar-refractivity contribution is -0.414. The molecule has 0 bridgehead atoms. The summed E-state index contributed by atoms with van der Waals surface area (Å²) in [5, 5.41) is 16.6. The molecule has 0 heterocycles. The minimum atomic E-state index is -1.24. The predicted octanol–water partition coefficient (Wildman–Crippen LogP) is -0.934. The number of carboxylic acid groups (broad SMARTS) is 1. The van der Waals surface area contributed by atoms with Crippen molar-refractivity contribution in [2.24, 2.45) is 23.7 Å². The van der Waals surface area contributed by atoms with Gasteiger partial charge in [0.1, 0.15) is 0 Å². The second kappa shape index (κ2) is 9.75. The summed E-state index contributed by atoms with van der Waals surface area (Å²) in [5.41, 5.74) is 3.87. The van der Waals surface area contributed by atoms with Crippen molar-refractivity contribution in [2.75, 3.05) is 6.54 Å². The summed E-state index contributed by atoms with van der Waals surface area (Å²) >= 11 is 0. The molecule has 2 atom stereocenters. The molecule has 1 aliphatic rings. The summed E-state index contributed by atoms with van der Waals surface area (Å²) in [4.78, 5) is 35.3. The number of carbonyl (C=O) groups excluding carboxylic acids is 3. The quantitative estimate of drug-likeness (QED) is 0.520. The van der Waals surface area contributed by atoms with E-state index in [0.717, 1.165) is 12.8 Å². The van der Waals surface area contributed by atoms with Crippen LogP contribution in [-0.4, -0.2) is 36.4 Å². The number of hydrogen-bond donors (Lipinski definition) is 3. The molecule has 0 aromatic heterocycles. The van der Waals surface area contributed by atoms with Gasteiger partial charge in [-0.15, -0.1) is 0 Å². The third kappa shape index (κ3) is 6.65. The molecule has 2 amide bonds. The molecule has 0 saturated heterocycles. The van der Waals surface area contributed by atoms with Crippen LogP contribution in [0.4, 0.5) is 0 Å². The summed E-state index contributed by atoms with van der Waals surface area (Å²) < 4.78 is 0. The van der Waals surface area contributed by atoms with Gasteiger partial charge in [0.25, 0.3) is 5.91 Å². The van der Waals surface area contributed by atoms with E-state index in [2.05, 4.69) is 16.4 Å². The maximum atomic E-state index is 12.3. The lowest BCUT2D eigenvalue weighted by atomic mass is 9.81. The molecule has 0 unspecified atom stereocenters. The lowest BCUT2D eigenvalue weighted by Crippen LogP contribution is -2.70. The van der Waals surface area contributed by atoms with Gasteiger partial charge in [-0.3, -0.25) is 9.59 Å². The van der Waals surface area contributed by atoms with Gasteiger partial charge in [-0.1, -0.05) is 27.7 Å².